The van der Waals surface area contributed by atoms with Gasteiger partial charge in [-0.2, -0.15) is 0 Å². The van der Waals surface area contributed by atoms with Crippen LogP contribution in [0.1, 0.15) is 32.8 Å². The van der Waals surface area contributed by atoms with E-state index in [2.05, 4.69) is 5.32 Å². The topological polar surface area (TPSA) is 98.5 Å². The van der Waals surface area contributed by atoms with Crippen LogP contribution in [0.25, 0.3) is 0 Å². The van der Waals surface area contributed by atoms with Crippen LogP contribution in [-0.4, -0.2) is 24.4 Å². The van der Waals surface area contributed by atoms with Gasteiger partial charge in [-0.05, 0) is 37.0 Å². The number of nitrogens with one attached hydrogen (secondary N) is 1. The van der Waals surface area contributed by atoms with Crippen molar-refractivity contribution in [3.8, 4) is 0 Å². The van der Waals surface area contributed by atoms with Crippen LogP contribution in [0.15, 0.2) is 18.2 Å². The summed E-state index contributed by atoms with van der Waals surface area (Å²) in [5.74, 6) is -1.75. The molecule has 1 aliphatic carbocycles. The maximum atomic E-state index is 12.1. The smallest absolute Gasteiger partial charge is 0.310 e. The minimum Gasteiger partial charge on any atom is -0.455 e. The van der Waals surface area contributed by atoms with Crippen LogP contribution in [0.4, 0.5) is 5.00 Å². The number of aryl methyl sites for hydroxylation is 1. The maximum absolute atomic E-state index is 12.1. The standard InChI is InChI=1S/C18H16Cl2N2O4S/c19-11-4-2-5-12(20)10(11)7-15(24)26-8-14(23)22-18-16(17(21)25)9-3-1-6-13(9)27-18/h2,4-5H,1,3,6-8H2,(H2,21,25)(H,22,23). The van der Waals surface area contributed by atoms with E-state index in [1.165, 1.54) is 11.3 Å². The molecule has 1 aliphatic rings. The first-order valence-electron chi connectivity index (χ1n) is 8.19. The van der Waals surface area contributed by atoms with Crippen LogP contribution in [0.5, 0.6) is 0 Å². The number of hydrogen-bond donors (Lipinski definition) is 2. The lowest BCUT2D eigenvalue weighted by atomic mass is 10.1. The number of primary amides is 1. The Morgan fingerprint density at radius 1 is 1.19 bits per heavy atom. The molecule has 0 unspecified atom stereocenters. The predicted molar refractivity (Wildman–Crippen MR) is 105 cm³/mol. The number of rotatable bonds is 6. The lowest BCUT2D eigenvalue weighted by molar-refractivity contribution is -0.146. The molecule has 9 heteroatoms. The molecule has 0 saturated carbocycles. The van der Waals surface area contributed by atoms with Crippen molar-refractivity contribution in [1.29, 1.82) is 0 Å². The third kappa shape index (κ3) is 4.43. The lowest BCUT2D eigenvalue weighted by Gasteiger charge is -2.09. The first-order chi connectivity index (χ1) is 12.9. The van der Waals surface area contributed by atoms with Crippen LogP contribution in [0.3, 0.4) is 0 Å². The molecule has 0 aliphatic heterocycles. The quantitative estimate of drug-likeness (QED) is 0.691. The fourth-order valence-corrected chi connectivity index (χ4v) is 4.80. The molecule has 0 spiro atoms. The largest absolute Gasteiger partial charge is 0.455 e. The van der Waals surface area contributed by atoms with E-state index in [9.17, 15) is 14.4 Å². The summed E-state index contributed by atoms with van der Waals surface area (Å²) in [7, 11) is 0. The number of carbonyl (C=O) groups is 3. The summed E-state index contributed by atoms with van der Waals surface area (Å²) in [6.45, 7) is -0.484. The maximum Gasteiger partial charge on any atom is 0.310 e. The average molecular weight is 427 g/mol. The van der Waals surface area contributed by atoms with Gasteiger partial charge >= 0.3 is 5.97 Å². The van der Waals surface area contributed by atoms with Gasteiger partial charge in [0.05, 0.1) is 12.0 Å². The van der Waals surface area contributed by atoms with Gasteiger partial charge < -0.3 is 15.8 Å². The number of halogens is 2. The zero-order valence-corrected chi connectivity index (χ0v) is 16.5. The van der Waals surface area contributed by atoms with Gasteiger partial charge in [-0.3, -0.25) is 14.4 Å². The molecule has 0 radical (unpaired) electrons. The molecule has 3 rings (SSSR count). The molecule has 1 aromatic heterocycles. The molecule has 6 nitrogen and oxygen atoms in total. The van der Waals surface area contributed by atoms with Crippen LogP contribution in [0, 0.1) is 0 Å². The number of fused-ring (bicyclic) bond motifs is 1. The zero-order chi connectivity index (χ0) is 19.6. The van der Waals surface area contributed by atoms with Crippen LogP contribution >= 0.6 is 34.5 Å². The summed E-state index contributed by atoms with van der Waals surface area (Å²) in [4.78, 5) is 36.9. The van der Waals surface area contributed by atoms with E-state index in [1.807, 2.05) is 0 Å². The molecule has 1 heterocycles. The van der Waals surface area contributed by atoms with Crippen molar-refractivity contribution >= 4 is 57.3 Å². The predicted octanol–water partition coefficient (Wildman–Crippen LogP) is 3.37. The normalized spacial score (nSPS) is 12.5. The Kier molecular flexibility index (Phi) is 6.04. The van der Waals surface area contributed by atoms with Gasteiger partial charge in [0.25, 0.3) is 11.8 Å². The number of ether oxygens (including phenoxy) is 1. The second-order valence-electron chi connectivity index (χ2n) is 6.01. The lowest BCUT2D eigenvalue weighted by Crippen LogP contribution is -2.23. The number of anilines is 1. The van der Waals surface area contributed by atoms with Gasteiger partial charge in [0.2, 0.25) is 0 Å². The van der Waals surface area contributed by atoms with Crippen molar-refractivity contribution in [2.45, 2.75) is 25.7 Å². The van der Waals surface area contributed by atoms with Crippen LogP contribution in [-0.2, 0) is 33.6 Å². The molecule has 3 N–H and O–H groups in total. The van der Waals surface area contributed by atoms with E-state index in [4.69, 9.17) is 33.7 Å². The summed E-state index contributed by atoms with van der Waals surface area (Å²) < 4.78 is 4.99. The number of thiophene rings is 1. The second-order valence-corrected chi connectivity index (χ2v) is 7.93. The Bertz CT molecular complexity index is 906. The van der Waals surface area contributed by atoms with E-state index in [-0.39, 0.29) is 6.42 Å². The molecule has 2 aromatic rings. The van der Waals surface area contributed by atoms with Gasteiger partial charge in [-0.25, -0.2) is 0 Å². The number of amides is 2. The van der Waals surface area contributed by atoms with Gasteiger partial charge in [0.1, 0.15) is 5.00 Å². The highest BCUT2D eigenvalue weighted by Gasteiger charge is 2.26. The van der Waals surface area contributed by atoms with E-state index in [1.54, 1.807) is 18.2 Å². The van der Waals surface area contributed by atoms with E-state index in [0.29, 0.717) is 26.2 Å². The van der Waals surface area contributed by atoms with Gasteiger partial charge in [0.15, 0.2) is 6.61 Å². The minimum atomic E-state index is -0.635. The van der Waals surface area contributed by atoms with Crippen molar-refractivity contribution in [3.63, 3.8) is 0 Å². The van der Waals surface area contributed by atoms with Gasteiger partial charge in [-0.1, -0.05) is 29.3 Å². The Balaban J connectivity index is 1.59. The molecule has 1 aromatic carbocycles. The second kappa shape index (κ2) is 8.29. The summed E-state index contributed by atoms with van der Waals surface area (Å²) in [5.41, 5.74) is 7.16. The van der Waals surface area contributed by atoms with Crippen LogP contribution < -0.4 is 11.1 Å². The summed E-state index contributed by atoms with van der Waals surface area (Å²) >= 11 is 13.4. The summed E-state index contributed by atoms with van der Waals surface area (Å²) in [6.07, 6.45) is 2.46. The summed E-state index contributed by atoms with van der Waals surface area (Å²) in [5, 5.41) is 3.72. The number of benzene rings is 1. The molecule has 27 heavy (non-hydrogen) atoms. The third-order valence-electron chi connectivity index (χ3n) is 4.17. The molecule has 142 valence electrons. The first kappa shape index (κ1) is 19.7. The first-order valence-corrected chi connectivity index (χ1v) is 9.76. The third-order valence-corrected chi connectivity index (χ3v) is 6.08. The molecule has 0 saturated heterocycles. The average Bonchev–Trinajstić information content (AvgIpc) is 3.16. The Labute approximate surface area is 169 Å². The van der Waals surface area contributed by atoms with Crippen molar-refractivity contribution in [1.82, 2.24) is 0 Å². The Morgan fingerprint density at radius 2 is 1.89 bits per heavy atom. The van der Waals surface area contributed by atoms with E-state index in [0.717, 1.165) is 29.7 Å². The number of esters is 1. The highest BCUT2D eigenvalue weighted by Crippen LogP contribution is 2.38. The number of nitrogens with two attached hydrogens (primary N) is 1. The number of carbonyl (C=O) groups excluding carboxylic acids is 3. The van der Waals surface area contributed by atoms with Crippen molar-refractivity contribution in [2.24, 2.45) is 5.73 Å². The molecule has 0 fully saturated rings. The van der Waals surface area contributed by atoms with E-state index < -0.39 is 24.4 Å². The van der Waals surface area contributed by atoms with Crippen molar-refractivity contribution in [3.05, 3.63) is 49.8 Å². The van der Waals surface area contributed by atoms with Crippen LogP contribution in [0.2, 0.25) is 10.0 Å². The SMILES string of the molecule is NC(=O)c1c(NC(=O)COC(=O)Cc2c(Cl)cccc2Cl)sc2c1CCC2. The zero-order valence-electron chi connectivity index (χ0n) is 14.1. The molecular weight excluding hydrogens is 411 g/mol. The monoisotopic (exact) mass is 426 g/mol. The molecule has 0 bridgehead atoms. The Hall–Kier alpha value is -2.09. The van der Waals surface area contributed by atoms with Crippen molar-refractivity contribution < 1.29 is 19.1 Å². The Morgan fingerprint density at radius 3 is 2.56 bits per heavy atom. The minimum absolute atomic E-state index is 0.147. The van der Waals surface area contributed by atoms with Crippen molar-refractivity contribution in [2.75, 3.05) is 11.9 Å². The van der Waals surface area contributed by atoms with Gasteiger partial charge in [0, 0.05) is 20.5 Å². The summed E-state index contributed by atoms with van der Waals surface area (Å²) in [6, 6.07) is 4.90. The number of hydrogen-bond acceptors (Lipinski definition) is 5. The molecule has 0 atom stereocenters. The highest BCUT2D eigenvalue weighted by molar-refractivity contribution is 7.17. The molecule has 2 amide bonds. The van der Waals surface area contributed by atoms with Gasteiger partial charge in [-0.15, -0.1) is 11.3 Å². The fraction of sp³-hybridized carbons (Fsp3) is 0.278. The fourth-order valence-electron chi connectivity index (χ4n) is 2.96. The van der Waals surface area contributed by atoms with E-state index >= 15 is 0 Å². The highest BCUT2D eigenvalue weighted by atomic mass is 35.5. The molecular formula is C18H16Cl2N2O4S.